The maximum Gasteiger partial charge on any atom is 0.225 e. The summed E-state index contributed by atoms with van der Waals surface area (Å²) < 4.78 is 28.0. The van der Waals surface area contributed by atoms with E-state index < -0.39 is 0 Å². The van der Waals surface area contributed by atoms with Crippen molar-refractivity contribution in [2.75, 3.05) is 44.2 Å². The van der Waals surface area contributed by atoms with E-state index in [-0.39, 0.29) is 23.5 Å². The highest BCUT2D eigenvalue weighted by atomic mass is 35.5. The number of piperidine rings is 1. The molecule has 0 aromatic heterocycles. The number of hydrogen-bond acceptors (Lipinski definition) is 3. The minimum atomic E-state index is -0.284. The van der Waals surface area contributed by atoms with Crippen molar-refractivity contribution in [2.45, 2.75) is 19.4 Å². The fraction of sp³-hybridized carbons (Fsp3) is 0.435. The van der Waals surface area contributed by atoms with E-state index in [9.17, 15) is 13.6 Å². The molecule has 0 N–H and O–H groups in total. The summed E-state index contributed by atoms with van der Waals surface area (Å²) in [6, 6.07) is 11.5. The van der Waals surface area contributed by atoms with Crippen LogP contribution in [0.5, 0.6) is 0 Å². The largest absolute Gasteiger partial charge is 0.366 e. The van der Waals surface area contributed by atoms with E-state index >= 15 is 0 Å². The molecule has 0 bridgehead atoms. The van der Waals surface area contributed by atoms with E-state index in [0.29, 0.717) is 49.0 Å². The van der Waals surface area contributed by atoms with Gasteiger partial charge in [-0.25, -0.2) is 8.78 Å². The maximum atomic E-state index is 14.0. The second-order valence-corrected chi connectivity index (χ2v) is 8.49. The summed E-state index contributed by atoms with van der Waals surface area (Å²) in [6.07, 6.45) is 1.56. The molecule has 0 spiro atoms. The number of anilines is 1. The molecule has 0 atom stereocenters. The zero-order chi connectivity index (χ0) is 21.1. The van der Waals surface area contributed by atoms with Crippen molar-refractivity contribution in [1.29, 1.82) is 0 Å². The lowest BCUT2D eigenvalue weighted by atomic mass is 9.94. The summed E-state index contributed by atoms with van der Waals surface area (Å²) >= 11 is 5.82. The molecular weight excluding hydrogens is 408 g/mol. The molecule has 2 aliphatic heterocycles. The molecule has 2 aliphatic rings. The Labute approximate surface area is 181 Å². The minimum absolute atomic E-state index is 0.0105. The first kappa shape index (κ1) is 21.1. The quantitative estimate of drug-likeness (QED) is 0.723. The van der Waals surface area contributed by atoms with Crippen LogP contribution in [0.4, 0.5) is 14.5 Å². The molecule has 2 aromatic rings. The summed E-state index contributed by atoms with van der Waals surface area (Å²) in [6.45, 7) is 4.59. The molecule has 7 heteroatoms. The molecule has 0 unspecified atom stereocenters. The predicted molar refractivity (Wildman–Crippen MR) is 115 cm³/mol. The van der Waals surface area contributed by atoms with Gasteiger partial charge in [-0.3, -0.25) is 9.69 Å². The van der Waals surface area contributed by atoms with Gasteiger partial charge in [0.15, 0.2) is 0 Å². The third kappa shape index (κ3) is 4.76. The van der Waals surface area contributed by atoms with Crippen LogP contribution in [-0.4, -0.2) is 55.0 Å². The average molecular weight is 434 g/mol. The van der Waals surface area contributed by atoms with Crippen LogP contribution < -0.4 is 4.90 Å². The number of carbonyl (C=O) groups excluding carboxylic acids is 1. The number of piperazine rings is 1. The molecule has 4 nitrogen and oxygen atoms in total. The lowest BCUT2D eigenvalue weighted by Gasteiger charge is -2.39. The van der Waals surface area contributed by atoms with Crippen LogP contribution in [0.15, 0.2) is 42.5 Å². The van der Waals surface area contributed by atoms with Gasteiger partial charge in [-0.15, -0.1) is 0 Å². The van der Waals surface area contributed by atoms with Gasteiger partial charge in [0, 0.05) is 49.2 Å². The van der Waals surface area contributed by atoms with Gasteiger partial charge in [-0.05, 0) is 50.2 Å². The Kier molecular flexibility index (Phi) is 6.54. The lowest BCUT2D eigenvalue weighted by Crippen LogP contribution is -2.51. The molecule has 2 aromatic carbocycles. The SMILES string of the molecule is O=C(C1CCN(Cc2ccc(Cl)cc2F)CC1)N1CCN(c2ccccc2F)CC1. The van der Waals surface area contributed by atoms with Crippen LogP contribution in [-0.2, 0) is 11.3 Å². The molecule has 2 heterocycles. The number of nitrogens with zero attached hydrogens (tertiary/aromatic N) is 3. The molecule has 0 aliphatic carbocycles. The van der Waals surface area contributed by atoms with Crippen molar-refractivity contribution in [3.8, 4) is 0 Å². The normalized spacial score (nSPS) is 18.6. The molecule has 30 heavy (non-hydrogen) atoms. The predicted octanol–water partition coefficient (Wildman–Crippen LogP) is 4.18. The molecule has 0 saturated carbocycles. The van der Waals surface area contributed by atoms with Crippen LogP contribution in [0.25, 0.3) is 0 Å². The maximum absolute atomic E-state index is 14.0. The van der Waals surface area contributed by atoms with Crippen molar-refractivity contribution < 1.29 is 13.6 Å². The van der Waals surface area contributed by atoms with Gasteiger partial charge in [-0.1, -0.05) is 29.8 Å². The number of rotatable bonds is 4. The number of carbonyl (C=O) groups is 1. The first-order chi connectivity index (χ1) is 14.5. The third-order valence-corrected chi connectivity index (χ3v) is 6.37. The second-order valence-electron chi connectivity index (χ2n) is 8.05. The monoisotopic (exact) mass is 433 g/mol. The van der Waals surface area contributed by atoms with Gasteiger partial charge in [-0.2, -0.15) is 0 Å². The first-order valence-electron chi connectivity index (χ1n) is 10.5. The molecular formula is C23H26ClF2N3O. The van der Waals surface area contributed by atoms with E-state index in [1.54, 1.807) is 24.3 Å². The smallest absolute Gasteiger partial charge is 0.225 e. The Morgan fingerprint density at radius 3 is 2.30 bits per heavy atom. The molecule has 160 valence electrons. The third-order valence-electron chi connectivity index (χ3n) is 6.13. The van der Waals surface area contributed by atoms with Gasteiger partial charge < -0.3 is 9.80 Å². The first-order valence-corrected chi connectivity index (χ1v) is 10.8. The van der Waals surface area contributed by atoms with E-state index in [0.717, 1.165) is 25.9 Å². The van der Waals surface area contributed by atoms with Crippen LogP contribution in [0.2, 0.25) is 5.02 Å². The van der Waals surface area contributed by atoms with Gasteiger partial charge >= 0.3 is 0 Å². The van der Waals surface area contributed by atoms with Crippen LogP contribution in [0.3, 0.4) is 0 Å². The Morgan fingerprint density at radius 1 is 0.933 bits per heavy atom. The minimum Gasteiger partial charge on any atom is -0.366 e. The average Bonchev–Trinajstić information content (AvgIpc) is 2.76. The van der Waals surface area contributed by atoms with Crippen LogP contribution >= 0.6 is 11.6 Å². The Bertz CT molecular complexity index is 894. The number of hydrogen-bond donors (Lipinski definition) is 0. The number of likely N-dealkylation sites (tertiary alicyclic amines) is 1. The number of para-hydroxylation sites is 1. The number of halogens is 3. The number of amides is 1. The van der Waals surface area contributed by atoms with E-state index in [1.165, 1.54) is 12.1 Å². The zero-order valence-electron chi connectivity index (χ0n) is 16.9. The molecule has 4 rings (SSSR count). The molecule has 0 radical (unpaired) electrons. The van der Waals surface area contributed by atoms with E-state index in [1.807, 2.05) is 15.9 Å². The van der Waals surface area contributed by atoms with E-state index in [2.05, 4.69) is 4.90 Å². The molecule has 1 amide bonds. The standard InChI is InChI=1S/C23H26ClF2N3O/c24-19-6-5-18(21(26)15-19)16-27-9-7-17(8-10-27)23(30)29-13-11-28(12-14-29)22-4-2-1-3-20(22)25/h1-6,15,17H,7-14,16H2. The number of benzene rings is 2. The van der Waals surface area contributed by atoms with Gasteiger partial charge in [0.1, 0.15) is 11.6 Å². The van der Waals surface area contributed by atoms with Gasteiger partial charge in [0.25, 0.3) is 0 Å². The molecule has 2 fully saturated rings. The van der Waals surface area contributed by atoms with E-state index in [4.69, 9.17) is 11.6 Å². The summed E-state index contributed by atoms with van der Waals surface area (Å²) in [5, 5.41) is 0.399. The highest BCUT2D eigenvalue weighted by Crippen LogP contribution is 2.25. The van der Waals surface area contributed by atoms with Crippen LogP contribution in [0.1, 0.15) is 18.4 Å². The summed E-state index contributed by atoms with van der Waals surface area (Å²) in [7, 11) is 0. The lowest BCUT2D eigenvalue weighted by molar-refractivity contribution is -0.137. The zero-order valence-corrected chi connectivity index (χ0v) is 17.6. The van der Waals surface area contributed by atoms with Crippen LogP contribution in [0, 0.1) is 17.6 Å². The summed E-state index contributed by atoms with van der Waals surface area (Å²) in [5.74, 6) is -0.299. The Morgan fingerprint density at radius 2 is 1.63 bits per heavy atom. The van der Waals surface area contributed by atoms with Crippen molar-refractivity contribution in [3.63, 3.8) is 0 Å². The van der Waals surface area contributed by atoms with Crippen molar-refractivity contribution in [3.05, 3.63) is 64.7 Å². The summed E-state index contributed by atoms with van der Waals surface area (Å²) in [4.78, 5) is 19.1. The van der Waals surface area contributed by atoms with Crippen molar-refractivity contribution >= 4 is 23.2 Å². The fourth-order valence-corrected chi connectivity index (χ4v) is 4.52. The topological polar surface area (TPSA) is 26.8 Å². The Hall–Kier alpha value is -2.18. The van der Waals surface area contributed by atoms with Crippen molar-refractivity contribution in [1.82, 2.24) is 9.80 Å². The highest BCUT2D eigenvalue weighted by Gasteiger charge is 2.31. The Balaban J connectivity index is 1.26. The highest BCUT2D eigenvalue weighted by molar-refractivity contribution is 6.30. The van der Waals surface area contributed by atoms with Crippen molar-refractivity contribution in [2.24, 2.45) is 5.92 Å². The van der Waals surface area contributed by atoms with Gasteiger partial charge in [0.2, 0.25) is 5.91 Å². The summed E-state index contributed by atoms with van der Waals surface area (Å²) in [5.41, 5.74) is 1.24. The molecule has 2 saturated heterocycles. The second kappa shape index (κ2) is 9.31. The fourth-order valence-electron chi connectivity index (χ4n) is 4.36. The van der Waals surface area contributed by atoms with Gasteiger partial charge in [0.05, 0.1) is 5.69 Å².